The minimum Gasteiger partial charge on any atom is -0.383 e. The Labute approximate surface area is 219 Å². The second kappa shape index (κ2) is 10.2. The van der Waals surface area contributed by atoms with Crippen molar-refractivity contribution in [2.45, 2.75) is 25.4 Å². The summed E-state index contributed by atoms with van der Waals surface area (Å²) >= 11 is 0. The van der Waals surface area contributed by atoms with E-state index in [0.717, 1.165) is 60.7 Å². The molecular weight excluding hydrogens is 476 g/mol. The van der Waals surface area contributed by atoms with Crippen molar-refractivity contribution in [3.8, 4) is 23.1 Å². The summed E-state index contributed by atoms with van der Waals surface area (Å²) in [5, 5.41) is 20.5. The Hall–Kier alpha value is -4.88. The van der Waals surface area contributed by atoms with E-state index in [-0.39, 0.29) is 0 Å². The Morgan fingerprint density at radius 1 is 1.03 bits per heavy atom. The number of anilines is 2. The molecule has 1 aliphatic rings. The molecular formula is C28H26N10. The van der Waals surface area contributed by atoms with Crippen LogP contribution in [0.2, 0.25) is 0 Å². The quantitative estimate of drug-likeness (QED) is 0.355. The molecule has 188 valence electrons. The second-order valence-electron chi connectivity index (χ2n) is 9.36. The molecule has 3 N–H and O–H groups in total. The average Bonchev–Trinajstić information content (AvgIpc) is 3.34. The van der Waals surface area contributed by atoms with Crippen molar-refractivity contribution in [3.63, 3.8) is 0 Å². The third-order valence-electron chi connectivity index (χ3n) is 6.82. The maximum atomic E-state index is 9.07. The van der Waals surface area contributed by atoms with Gasteiger partial charge in [-0.15, -0.1) is 5.10 Å². The summed E-state index contributed by atoms with van der Waals surface area (Å²) in [6, 6.07) is 20.3. The van der Waals surface area contributed by atoms with Crippen LogP contribution in [0.5, 0.6) is 0 Å². The number of imidazole rings is 1. The van der Waals surface area contributed by atoms with Crippen LogP contribution in [0.1, 0.15) is 24.0 Å². The van der Waals surface area contributed by atoms with Crippen LogP contribution >= 0.6 is 0 Å². The van der Waals surface area contributed by atoms with Gasteiger partial charge in [-0.3, -0.25) is 9.47 Å². The van der Waals surface area contributed by atoms with E-state index in [1.165, 1.54) is 11.8 Å². The number of nitrogen functional groups attached to an aromatic ring is 1. The zero-order chi connectivity index (χ0) is 25.9. The van der Waals surface area contributed by atoms with E-state index in [4.69, 9.17) is 16.0 Å². The minimum atomic E-state index is 0.317. The number of piperidine rings is 1. The molecule has 38 heavy (non-hydrogen) atoms. The summed E-state index contributed by atoms with van der Waals surface area (Å²) in [6.45, 7) is 2.83. The van der Waals surface area contributed by atoms with Crippen LogP contribution in [0.25, 0.3) is 28.2 Å². The van der Waals surface area contributed by atoms with Gasteiger partial charge in [0.05, 0.1) is 17.3 Å². The highest BCUT2D eigenvalue weighted by molar-refractivity contribution is 5.82. The van der Waals surface area contributed by atoms with E-state index in [1.807, 2.05) is 28.8 Å². The van der Waals surface area contributed by atoms with Gasteiger partial charge in [0.25, 0.3) is 0 Å². The molecule has 5 aromatic rings. The Morgan fingerprint density at radius 3 is 2.61 bits per heavy atom. The van der Waals surface area contributed by atoms with Crippen LogP contribution in [0.4, 0.5) is 11.6 Å². The van der Waals surface area contributed by atoms with Gasteiger partial charge in [-0.2, -0.15) is 10.4 Å². The third-order valence-corrected chi connectivity index (χ3v) is 6.82. The van der Waals surface area contributed by atoms with Crippen LogP contribution in [0.15, 0.2) is 73.2 Å². The second-order valence-corrected chi connectivity index (χ2v) is 9.36. The number of hydrogen-bond donors (Lipinski definition) is 2. The predicted molar refractivity (Wildman–Crippen MR) is 145 cm³/mol. The minimum absolute atomic E-state index is 0.317. The number of rotatable bonds is 6. The van der Waals surface area contributed by atoms with Gasteiger partial charge in [-0.1, -0.05) is 12.1 Å². The Bertz CT molecular complexity index is 1610. The van der Waals surface area contributed by atoms with Gasteiger partial charge in [0.15, 0.2) is 11.5 Å². The normalized spacial score (nSPS) is 14.4. The molecule has 5 heterocycles. The molecule has 0 aliphatic carbocycles. The lowest BCUT2D eigenvalue weighted by molar-refractivity contribution is 0.211. The molecule has 1 aromatic carbocycles. The third kappa shape index (κ3) is 4.75. The molecule has 10 nitrogen and oxygen atoms in total. The largest absolute Gasteiger partial charge is 0.383 e. The molecule has 0 bridgehead atoms. The van der Waals surface area contributed by atoms with Gasteiger partial charge in [0, 0.05) is 49.8 Å². The first kappa shape index (κ1) is 23.5. The lowest BCUT2D eigenvalue weighted by Crippen LogP contribution is -2.38. The standard InChI is InChI=1S/C28H26N10/c29-16-20-15-25(36-33-17-20)34-21-9-13-37(14-10-21)18-19-5-7-22(8-6-19)38-27(23-3-1-11-31-26(23)30)35-24-4-2-12-32-28(24)38/h1-8,11-12,15,17,21H,9-10,13-14,18H2,(H2,30,31)(H,34,36). The van der Waals surface area contributed by atoms with E-state index < -0.39 is 0 Å². The van der Waals surface area contributed by atoms with Crippen molar-refractivity contribution in [1.29, 1.82) is 5.26 Å². The highest BCUT2D eigenvalue weighted by Crippen LogP contribution is 2.30. The molecule has 4 aromatic heterocycles. The smallest absolute Gasteiger partial charge is 0.164 e. The first-order chi connectivity index (χ1) is 18.7. The van der Waals surface area contributed by atoms with E-state index in [2.05, 4.69) is 60.7 Å². The Kier molecular flexibility index (Phi) is 6.34. The molecule has 0 spiro atoms. The first-order valence-electron chi connectivity index (χ1n) is 12.5. The zero-order valence-electron chi connectivity index (χ0n) is 20.7. The molecule has 0 saturated carbocycles. The monoisotopic (exact) mass is 502 g/mol. The number of nitriles is 1. The fraction of sp³-hybridized carbons (Fsp3) is 0.214. The molecule has 0 amide bonds. The van der Waals surface area contributed by atoms with Gasteiger partial charge in [0.2, 0.25) is 0 Å². The number of fused-ring (bicyclic) bond motifs is 1. The molecule has 0 radical (unpaired) electrons. The fourth-order valence-corrected chi connectivity index (χ4v) is 4.90. The Morgan fingerprint density at radius 2 is 1.82 bits per heavy atom. The Balaban J connectivity index is 1.16. The van der Waals surface area contributed by atoms with E-state index in [0.29, 0.717) is 23.2 Å². The van der Waals surface area contributed by atoms with Crippen molar-refractivity contribution in [3.05, 3.63) is 84.3 Å². The van der Waals surface area contributed by atoms with Crippen molar-refractivity contribution in [2.24, 2.45) is 0 Å². The fourth-order valence-electron chi connectivity index (χ4n) is 4.90. The molecule has 6 rings (SSSR count). The van der Waals surface area contributed by atoms with Crippen LogP contribution in [-0.4, -0.2) is 53.7 Å². The number of likely N-dealkylation sites (tertiary alicyclic amines) is 1. The SMILES string of the molecule is N#Cc1cnnc(NC2CCN(Cc3ccc(-n4c(-c5cccnc5N)nc5cccnc54)cc3)CC2)c1. The molecule has 10 heteroatoms. The summed E-state index contributed by atoms with van der Waals surface area (Å²) in [5.41, 5.74) is 11.3. The maximum absolute atomic E-state index is 9.07. The number of aromatic nitrogens is 6. The molecule has 1 fully saturated rings. The van der Waals surface area contributed by atoms with Crippen LogP contribution in [0.3, 0.4) is 0 Å². The number of benzene rings is 1. The summed E-state index contributed by atoms with van der Waals surface area (Å²) in [4.78, 5) is 16.1. The molecule has 1 aliphatic heterocycles. The first-order valence-corrected chi connectivity index (χ1v) is 12.5. The van der Waals surface area contributed by atoms with Crippen molar-refractivity contribution >= 4 is 22.8 Å². The van der Waals surface area contributed by atoms with E-state index >= 15 is 0 Å². The highest BCUT2D eigenvalue weighted by Gasteiger charge is 2.21. The number of pyridine rings is 2. The van der Waals surface area contributed by atoms with Crippen LogP contribution in [0, 0.1) is 11.3 Å². The van der Waals surface area contributed by atoms with Crippen LogP contribution in [-0.2, 0) is 6.54 Å². The van der Waals surface area contributed by atoms with Crippen molar-refractivity contribution in [2.75, 3.05) is 24.1 Å². The van der Waals surface area contributed by atoms with Crippen molar-refractivity contribution in [1.82, 2.24) is 34.6 Å². The van der Waals surface area contributed by atoms with Gasteiger partial charge in [-0.05, 0) is 54.8 Å². The number of nitrogens with two attached hydrogens (primary N) is 1. The summed E-state index contributed by atoms with van der Waals surface area (Å²) in [5.74, 6) is 1.81. The van der Waals surface area contributed by atoms with Gasteiger partial charge >= 0.3 is 0 Å². The summed E-state index contributed by atoms with van der Waals surface area (Å²) in [6.07, 6.45) is 6.92. The number of nitrogens with one attached hydrogen (secondary N) is 1. The van der Waals surface area contributed by atoms with Crippen LogP contribution < -0.4 is 11.1 Å². The highest BCUT2D eigenvalue weighted by atomic mass is 15.2. The van der Waals surface area contributed by atoms with Gasteiger partial charge in [-0.25, -0.2) is 15.0 Å². The molecule has 1 saturated heterocycles. The topological polar surface area (TPSA) is 134 Å². The van der Waals surface area contributed by atoms with Gasteiger partial charge < -0.3 is 11.1 Å². The number of nitrogens with zero attached hydrogens (tertiary/aromatic N) is 8. The molecule has 0 unspecified atom stereocenters. The maximum Gasteiger partial charge on any atom is 0.164 e. The van der Waals surface area contributed by atoms with E-state index in [1.54, 1.807) is 18.5 Å². The predicted octanol–water partition coefficient (Wildman–Crippen LogP) is 3.80. The molecule has 0 atom stereocenters. The summed E-state index contributed by atoms with van der Waals surface area (Å²) < 4.78 is 2.04. The number of hydrogen-bond acceptors (Lipinski definition) is 9. The van der Waals surface area contributed by atoms with E-state index in [9.17, 15) is 0 Å². The summed E-state index contributed by atoms with van der Waals surface area (Å²) in [7, 11) is 0. The lowest BCUT2D eigenvalue weighted by Gasteiger charge is -2.32. The average molecular weight is 503 g/mol. The van der Waals surface area contributed by atoms with Gasteiger partial charge in [0.1, 0.15) is 23.2 Å². The zero-order valence-corrected chi connectivity index (χ0v) is 20.7. The van der Waals surface area contributed by atoms with Crippen molar-refractivity contribution < 1.29 is 0 Å². The lowest BCUT2D eigenvalue weighted by atomic mass is 10.0.